The largest absolute Gasteiger partial charge is 0.351 e. The van der Waals surface area contributed by atoms with Gasteiger partial charge in [-0.15, -0.1) is 0 Å². The van der Waals surface area contributed by atoms with E-state index in [9.17, 15) is 4.79 Å². The van der Waals surface area contributed by atoms with Gasteiger partial charge in [-0.25, -0.2) is 4.98 Å². The number of H-pyrrole nitrogens is 1. The average molecular weight is 280 g/mol. The summed E-state index contributed by atoms with van der Waals surface area (Å²) in [4.78, 5) is 19.8. The minimum Gasteiger partial charge on any atom is -0.351 e. The molecule has 0 unspecified atom stereocenters. The first-order valence-electron chi connectivity index (χ1n) is 5.91. The lowest BCUT2D eigenvalue weighted by Gasteiger charge is -2.05. The van der Waals surface area contributed by atoms with E-state index < -0.39 is 0 Å². The highest BCUT2D eigenvalue weighted by Crippen LogP contribution is 2.14. The summed E-state index contributed by atoms with van der Waals surface area (Å²) in [5.74, 6) is 0.588. The van der Waals surface area contributed by atoms with Crippen LogP contribution in [-0.4, -0.2) is 32.6 Å². The van der Waals surface area contributed by atoms with Crippen molar-refractivity contribution in [3.8, 4) is 0 Å². The van der Waals surface area contributed by atoms with Crippen molar-refractivity contribution in [2.75, 3.05) is 6.54 Å². The van der Waals surface area contributed by atoms with Crippen molar-refractivity contribution in [3.05, 3.63) is 40.7 Å². The van der Waals surface area contributed by atoms with Crippen LogP contribution in [0.3, 0.4) is 0 Å². The Morgan fingerprint density at radius 2 is 2.32 bits per heavy atom. The number of aryl methyl sites for hydroxylation is 2. The van der Waals surface area contributed by atoms with Gasteiger partial charge >= 0.3 is 0 Å². The number of halogens is 1. The Labute approximate surface area is 115 Å². The lowest BCUT2D eigenvalue weighted by atomic mass is 10.2. The molecule has 19 heavy (non-hydrogen) atoms. The Hall–Kier alpha value is -1.95. The maximum absolute atomic E-state index is 11.8. The third-order valence-electron chi connectivity index (χ3n) is 2.61. The second-order valence-electron chi connectivity index (χ2n) is 4.11. The number of nitrogens with one attached hydrogen (secondary N) is 2. The Bertz CT molecular complexity index is 555. The first kappa shape index (κ1) is 13.5. The molecular formula is C12H14ClN5O. The molecule has 7 heteroatoms. The van der Waals surface area contributed by atoms with Crippen LogP contribution >= 0.6 is 11.6 Å². The van der Waals surface area contributed by atoms with Gasteiger partial charge in [-0.05, 0) is 25.0 Å². The number of nitrogens with zero attached hydrogens (tertiary/aromatic N) is 3. The Kier molecular flexibility index (Phi) is 4.46. The van der Waals surface area contributed by atoms with Gasteiger partial charge in [-0.3, -0.25) is 14.9 Å². The predicted molar refractivity (Wildman–Crippen MR) is 71.0 cm³/mol. The molecule has 1 amide bonds. The number of aromatic amines is 1. The number of hydrogen-bond acceptors (Lipinski definition) is 4. The van der Waals surface area contributed by atoms with Gasteiger partial charge in [0.25, 0.3) is 5.91 Å². The van der Waals surface area contributed by atoms with E-state index in [2.05, 4.69) is 25.5 Å². The van der Waals surface area contributed by atoms with Crippen LogP contribution in [0.1, 0.15) is 28.3 Å². The average Bonchev–Trinajstić information content (AvgIpc) is 2.91. The van der Waals surface area contributed by atoms with Gasteiger partial charge < -0.3 is 5.32 Å². The molecule has 0 aromatic carbocycles. The minimum absolute atomic E-state index is 0.223. The van der Waals surface area contributed by atoms with Crippen LogP contribution in [0.2, 0.25) is 5.02 Å². The fourth-order valence-electron chi connectivity index (χ4n) is 1.52. The van der Waals surface area contributed by atoms with Crippen LogP contribution in [0.5, 0.6) is 0 Å². The van der Waals surface area contributed by atoms with Gasteiger partial charge in [0, 0.05) is 24.2 Å². The van der Waals surface area contributed by atoms with Crippen LogP contribution in [0, 0.1) is 6.92 Å². The van der Waals surface area contributed by atoms with Crippen molar-refractivity contribution in [2.45, 2.75) is 19.8 Å². The number of amides is 1. The molecule has 0 radical (unpaired) electrons. The monoisotopic (exact) mass is 279 g/mol. The van der Waals surface area contributed by atoms with Crippen molar-refractivity contribution in [3.63, 3.8) is 0 Å². The number of carbonyl (C=O) groups excluding carboxylic acids is 1. The molecule has 0 aliphatic rings. The van der Waals surface area contributed by atoms with Crippen LogP contribution < -0.4 is 5.32 Å². The standard InChI is InChI=1S/C12H14ClN5O/c1-8-6-15-10(5-9(8)13)12(19)14-4-2-3-11-16-7-17-18-11/h5-7H,2-4H2,1H3,(H,14,19)(H,16,17,18). The molecule has 0 aliphatic carbocycles. The Morgan fingerprint density at radius 3 is 3.00 bits per heavy atom. The topological polar surface area (TPSA) is 83.6 Å². The summed E-state index contributed by atoms with van der Waals surface area (Å²) in [6.45, 7) is 2.39. The van der Waals surface area contributed by atoms with Crippen LogP contribution in [0.15, 0.2) is 18.6 Å². The van der Waals surface area contributed by atoms with Gasteiger partial charge in [0.15, 0.2) is 0 Å². The maximum Gasteiger partial charge on any atom is 0.269 e. The summed E-state index contributed by atoms with van der Waals surface area (Å²) in [7, 11) is 0. The summed E-state index contributed by atoms with van der Waals surface area (Å²) in [6.07, 6.45) is 4.57. The van der Waals surface area contributed by atoms with E-state index in [0.29, 0.717) is 17.3 Å². The molecule has 2 heterocycles. The second kappa shape index (κ2) is 6.29. The van der Waals surface area contributed by atoms with E-state index >= 15 is 0 Å². The molecule has 2 rings (SSSR count). The van der Waals surface area contributed by atoms with Crippen molar-refractivity contribution in [2.24, 2.45) is 0 Å². The summed E-state index contributed by atoms with van der Waals surface area (Å²) in [6, 6.07) is 1.57. The number of rotatable bonds is 5. The number of carbonyl (C=O) groups is 1. The van der Waals surface area contributed by atoms with E-state index in [-0.39, 0.29) is 5.91 Å². The van der Waals surface area contributed by atoms with Crippen LogP contribution in [0.25, 0.3) is 0 Å². The zero-order valence-electron chi connectivity index (χ0n) is 10.5. The van der Waals surface area contributed by atoms with E-state index in [1.807, 2.05) is 6.92 Å². The molecule has 2 aromatic rings. The Balaban J connectivity index is 1.79. The fourth-order valence-corrected chi connectivity index (χ4v) is 1.68. The summed E-state index contributed by atoms with van der Waals surface area (Å²) < 4.78 is 0. The molecule has 6 nitrogen and oxygen atoms in total. The first-order valence-corrected chi connectivity index (χ1v) is 6.29. The van der Waals surface area contributed by atoms with E-state index in [1.54, 1.807) is 12.3 Å². The highest BCUT2D eigenvalue weighted by atomic mass is 35.5. The molecule has 0 aliphatic heterocycles. The smallest absolute Gasteiger partial charge is 0.269 e. The molecule has 0 saturated heterocycles. The number of hydrogen-bond donors (Lipinski definition) is 2. The molecular weight excluding hydrogens is 266 g/mol. The van der Waals surface area contributed by atoms with Crippen molar-refractivity contribution in [1.82, 2.24) is 25.5 Å². The van der Waals surface area contributed by atoms with Crippen molar-refractivity contribution >= 4 is 17.5 Å². The minimum atomic E-state index is -0.223. The summed E-state index contributed by atoms with van der Waals surface area (Å²) >= 11 is 5.95. The lowest BCUT2D eigenvalue weighted by molar-refractivity contribution is 0.0948. The third-order valence-corrected chi connectivity index (χ3v) is 3.02. The SMILES string of the molecule is Cc1cnc(C(=O)NCCCc2ncn[nH]2)cc1Cl. The number of aromatic nitrogens is 4. The zero-order valence-corrected chi connectivity index (χ0v) is 11.2. The molecule has 0 spiro atoms. The van der Waals surface area contributed by atoms with E-state index in [1.165, 1.54) is 6.33 Å². The van der Waals surface area contributed by atoms with E-state index in [0.717, 1.165) is 24.2 Å². The molecule has 0 atom stereocenters. The Morgan fingerprint density at radius 1 is 1.47 bits per heavy atom. The summed E-state index contributed by atoms with van der Waals surface area (Å²) in [5, 5.41) is 9.85. The van der Waals surface area contributed by atoms with Gasteiger partial charge in [0.2, 0.25) is 0 Å². The molecule has 100 valence electrons. The highest BCUT2D eigenvalue weighted by Gasteiger charge is 2.08. The van der Waals surface area contributed by atoms with Gasteiger partial charge in [-0.2, -0.15) is 5.10 Å². The predicted octanol–water partition coefficient (Wildman–Crippen LogP) is 1.52. The van der Waals surface area contributed by atoms with Crippen LogP contribution in [0.4, 0.5) is 0 Å². The zero-order chi connectivity index (χ0) is 13.7. The van der Waals surface area contributed by atoms with Crippen molar-refractivity contribution < 1.29 is 4.79 Å². The molecule has 0 bridgehead atoms. The van der Waals surface area contributed by atoms with Gasteiger partial charge in [-0.1, -0.05) is 11.6 Å². The lowest BCUT2D eigenvalue weighted by Crippen LogP contribution is -2.25. The van der Waals surface area contributed by atoms with Crippen molar-refractivity contribution in [1.29, 1.82) is 0 Å². The molecule has 0 saturated carbocycles. The normalized spacial score (nSPS) is 10.4. The molecule has 2 aromatic heterocycles. The number of pyridine rings is 1. The third kappa shape index (κ3) is 3.75. The first-order chi connectivity index (χ1) is 9.16. The second-order valence-corrected chi connectivity index (χ2v) is 4.52. The van der Waals surface area contributed by atoms with E-state index in [4.69, 9.17) is 11.6 Å². The highest BCUT2D eigenvalue weighted by molar-refractivity contribution is 6.31. The molecule has 2 N–H and O–H groups in total. The maximum atomic E-state index is 11.8. The quantitative estimate of drug-likeness (QED) is 0.813. The van der Waals surface area contributed by atoms with Gasteiger partial charge in [0.05, 0.1) is 0 Å². The summed E-state index contributed by atoms with van der Waals surface area (Å²) in [5.41, 5.74) is 1.18. The van der Waals surface area contributed by atoms with Gasteiger partial charge in [0.1, 0.15) is 17.8 Å². The van der Waals surface area contributed by atoms with Crippen LogP contribution in [-0.2, 0) is 6.42 Å². The fraction of sp³-hybridized carbons (Fsp3) is 0.333. The molecule has 0 fully saturated rings.